The fourth-order valence-electron chi connectivity index (χ4n) is 3.21. The highest BCUT2D eigenvalue weighted by Gasteiger charge is 2.24. The van der Waals surface area contributed by atoms with Crippen molar-refractivity contribution in [2.24, 2.45) is 0 Å². The van der Waals surface area contributed by atoms with E-state index in [-0.39, 0.29) is 5.91 Å². The third-order valence-corrected chi connectivity index (χ3v) is 5.50. The van der Waals surface area contributed by atoms with Gasteiger partial charge >= 0.3 is 0 Å². The van der Waals surface area contributed by atoms with Gasteiger partial charge in [0.25, 0.3) is 0 Å². The van der Waals surface area contributed by atoms with Crippen molar-refractivity contribution in [1.82, 2.24) is 24.6 Å². The van der Waals surface area contributed by atoms with Crippen molar-refractivity contribution in [2.75, 3.05) is 12.3 Å². The number of pyridine rings is 1. The van der Waals surface area contributed by atoms with E-state index in [1.54, 1.807) is 12.4 Å². The Morgan fingerprint density at radius 1 is 1.28 bits per heavy atom. The molecule has 0 saturated carbocycles. The highest BCUT2D eigenvalue weighted by Crippen LogP contribution is 2.25. The second kappa shape index (κ2) is 8.47. The number of amides is 1. The Morgan fingerprint density at radius 3 is 2.80 bits per heavy atom. The Balaban J connectivity index is 1.72. The van der Waals surface area contributed by atoms with E-state index in [1.807, 2.05) is 17.0 Å². The van der Waals surface area contributed by atoms with E-state index in [0.717, 1.165) is 48.9 Å². The lowest BCUT2D eigenvalue weighted by molar-refractivity contribution is -0.131. The molecule has 25 heavy (non-hydrogen) atoms. The standard InChI is InChI=1S/C18H25N5OS/c1-3-11-23-17(15-7-9-19-10-8-15)20-21-18(23)25-13-16(24)22-12-5-4-6-14(22)2/h7-10,14H,3-6,11-13H2,1-2H3/t14-/m1/s1. The smallest absolute Gasteiger partial charge is 0.233 e. The van der Waals surface area contributed by atoms with E-state index in [4.69, 9.17) is 0 Å². The first-order valence-electron chi connectivity index (χ1n) is 8.96. The average Bonchev–Trinajstić information content (AvgIpc) is 3.04. The van der Waals surface area contributed by atoms with Gasteiger partial charge in [-0.3, -0.25) is 9.78 Å². The van der Waals surface area contributed by atoms with Gasteiger partial charge in [0.15, 0.2) is 11.0 Å². The lowest BCUT2D eigenvalue weighted by atomic mass is 10.0. The van der Waals surface area contributed by atoms with Crippen molar-refractivity contribution in [3.8, 4) is 11.4 Å². The molecule has 0 aromatic carbocycles. The van der Waals surface area contributed by atoms with E-state index >= 15 is 0 Å². The van der Waals surface area contributed by atoms with Crippen LogP contribution in [0.2, 0.25) is 0 Å². The molecule has 6 nitrogen and oxygen atoms in total. The van der Waals surface area contributed by atoms with Gasteiger partial charge in [0.05, 0.1) is 5.75 Å². The molecule has 0 bridgehead atoms. The number of piperidine rings is 1. The van der Waals surface area contributed by atoms with Gasteiger partial charge in [-0.15, -0.1) is 10.2 Å². The van der Waals surface area contributed by atoms with Gasteiger partial charge in [0.1, 0.15) is 0 Å². The SMILES string of the molecule is CCCn1c(SCC(=O)N2CCCC[C@H]2C)nnc1-c1ccncc1. The Hall–Kier alpha value is -1.89. The summed E-state index contributed by atoms with van der Waals surface area (Å²) in [6.07, 6.45) is 7.94. The van der Waals surface area contributed by atoms with Crippen molar-refractivity contribution < 1.29 is 4.79 Å². The average molecular weight is 359 g/mol. The highest BCUT2D eigenvalue weighted by atomic mass is 32.2. The fourth-order valence-corrected chi connectivity index (χ4v) is 4.06. The van der Waals surface area contributed by atoms with Crippen LogP contribution in [0.15, 0.2) is 29.7 Å². The van der Waals surface area contributed by atoms with Crippen LogP contribution in [0.5, 0.6) is 0 Å². The summed E-state index contributed by atoms with van der Waals surface area (Å²) in [5.41, 5.74) is 0.999. The third kappa shape index (κ3) is 4.21. The third-order valence-electron chi connectivity index (χ3n) is 4.55. The summed E-state index contributed by atoms with van der Waals surface area (Å²) in [6.45, 7) is 5.99. The largest absolute Gasteiger partial charge is 0.339 e. The van der Waals surface area contributed by atoms with Crippen LogP contribution >= 0.6 is 11.8 Å². The Morgan fingerprint density at radius 2 is 2.08 bits per heavy atom. The van der Waals surface area contributed by atoms with Crippen molar-refractivity contribution in [3.63, 3.8) is 0 Å². The van der Waals surface area contributed by atoms with Crippen molar-refractivity contribution >= 4 is 17.7 Å². The number of likely N-dealkylation sites (tertiary alicyclic amines) is 1. The minimum Gasteiger partial charge on any atom is -0.339 e. The summed E-state index contributed by atoms with van der Waals surface area (Å²) in [7, 11) is 0. The Bertz CT molecular complexity index is 703. The van der Waals surface area contributed by atoms with Gasteiger partial charge < -0.3 is 9.47 Å². The molecule has 1 fully saturated rings. The van der Waals surface area contributed by atoms with E-state index in [0.29, 0.717) is 11.8 Å². The van der Waals surface area contributed by atoms with Gasteiger partial charge in [-0.25, -0.2) is 0 Å². The van der Waals surface area contributed by atoms with Crippen molar-refractivity contribution in [3.05, 3.63) is 24.5 Å². The van der Waals surface area contributed by atoms with Crippen LogP contribution < -0.4 is 0 Å². The number of nitrogens with zero attached hydrogens (tertiary/aromatic N) is 5. The molecule has 0 radical (unpaired) electrons. The predicted octanol–water partition coefficient (Wildman–Crippen LogP) is 3.24. The second-order valence-corrected chi connectivity index (χ2v) is 7.36. The van der Waals surface area contributed by atoms with Crippen molar-refractivity contribution in [2.45, 2.75) is 57.3 Å². The quantitative estimate of drug-likeness (QED) is 0.741. The zero-order chi connectivity index (χ0) is 17.6. The molecule has 3 heterocycles. The molecule has 0 aliphatic carbocycles. The maximum atomic E-state index is 12.6. The molecule has 134 valence electrons. The molecule has 0 N–H and O–H groups in total. The molecule has 3 rings (SSSR count). The molecule has 0 spiro atoms. The summed E-state index contributed by atoms with van der Waals surface area (Å²) in [6, 6.07) is 4.22. The highest BCUT2D eigenvalue weighted by molar-refractivity contribution is 7.99. The molecule has 1 amide bonds. The first kappa shape index (κ1) is 17.9. The molecule has 2 aromatic heterocycles. The van der Waals surface area contributed by atoms with Crippen LogP contribution in [0, 0.1) is 0 Å². The van der Waals surface area contributed by atoms with Crippen LogP contribution in [0.1, 0.15) is 39.5 Å². The number of carbonyl (C=O) groups is 1. The van der Waals surface area contributed by atoms with Crippen LogP contribution in [-0.4, -0.2) is 48.9 Å². The van der Waals surface area contributed by atoms with Gasteiger partial charge in [-0.1, -0.05) is 18.7 Å². The summed E-state index contributed by atoms with van der Waals surface area (Å²) in [5, 5.41) is 9.49. The van der Waals surface area contributed by atoms with Gasteiger partial charge in [0.2, 0.25) is 5.91 Å². The van der Waals surface area contributed by atoms with E-state index in [1.165, 1.54) is 18.2 Å². The monoisotopic (exact) mass is 359 g/mol. The molecule has 1 aliphatic heterocycles. The molecule has 0 unspecified atom stereocenters. The number of carbonyl (C=O) groups excluding carboxylic acids is 1. The minimum absolute atomic E-state index is 0.203. The molecular formula is C18H25N5OS. The van der Waals surface area contributed by atoms with E-state index in [2.05, 4.69) is 33.6 Å². The molecular weight excluding hydrogens is 334 g/mol. The zero-order valence-electron chi connectivity index (χ0n) is 14.9. The summed E-state index contributed by atoms with van der Waals surface area (Å²) in [4.78, 5) is 18.6. The van der Waals surface area contributed by atoms with E-state index < -0.39 is 0 Å². The Kier molecular flexibility index (Phi) is 6.07. The normalized spacial score (nSPS) is 17.7. The number of hydrogen-bond acceptors (Lipinski definition) is 5. The maximum Gasteiger partial charge on any atom is 0.233 e. The summed E-state index contributed by atoms with van der Waals surface area (Å²) in [5.74, 6) is 1.46. The first-order valence-corrected chi connectivity index (χ1v) is 9.95. The van der Waals surface area contributed by atoms with Crippen molar-refractivity contribution in [1.29, 1.82) is 0 Å². The lowest BCUT2D eigenvalue weighted by Crippen LogP contribution is -2.43. The number of rotatable bonds is 6. The number of thioether (sulfide) groups is 1. The molecule has 2 aromatic rings. The van der Waals surface area contributed by atoms with E-state index in [9.17, 15) is 4.79 Å². The van der Waals surface area contributed by atoms with Gasteiger partial charge in [0, 0.05) is 37.1 Å². The van der Waals surface area contributed by atoms with Gasteiger partial charge in [-0.05, 0) is 44.7 Å². The maximum absolute atomic E-state index is 12.6. The first-order chi connectivity index (χ1) is 12.2. The molecule has 1 atom stereocenters. The fraction of sp³-hybridized carbons (Fsp3) is 0.556. The van der Waals surface area contributed by atoms with Crippen LogP contribution in [-0.2, 0) is 11.3 Å². The minimum atomic E-state index is 0.203. The second-order valence-electron chi connectivity index (χ2n) is 6.41. The molecule has 7 heteroatoms. The summed E-state index contributed by atoms with van der Waals surface area (Å²) < 4.78 is 2.10. The number of aromatic nitrogens is 4. The predicted molar refractivity (Wildman–Crippen MR) is 99.3 cm³/mol. The summed E-state index contributed by atoms with van der Waals surface area (Å²) >= 11 is 1.49. The van der Waals surface area contributed by atoms with Crippen LogP contribution in [0.25, 0.3) is 11.4 Å². The molecule has 1 saturated heterocycles. The molecule has 1 aliphatic rings. The topological polar surface area (TPSA) is 63.9 Å². The number of hydrogen-bond donors (Lipinski definition) is 0. The lowest BCUT2D eigenvalue weighted by Gasteiger charge is -2.33. The zero-order valence-corrected chi connectivity index (χ0v) is 15.7. The van der Waals surface area contributed by atoms with Gasteiger partial charge in [-0.2, -0.15) is 0 Å². The van der Waals surface area contributed by atoms with Crippen LogP contribution in [0.3, 0.4) is 0 Å². The van der Waals surface area contributed by atoms with Crippen LogP contribution in [0.4, 0.5) is 0 Å². The Labute approximate surface area is 153 Å².